The van der Waals surface area contributed by atoms with Gasteiger partial charge in [-0.3, -0.25) is 0 Å². The molecule has 7 heteroatoms. The highest BCUT2D eigenvalue weighted by atomic mass is 127. The molecule has 2 rings (SSSR count). The lowest BCUT2D eigenvalue weighted by Crippen LogP contribution is -2.24. The van der Waals surface area contributed by atoms with Crippen molar-refractivity contribution in [3.8, 4) is 0 Å². The Morgan fingerprint density at radius 3 is 2.74 bits per heavy atom. The number of nitrogens with zero attached hydrogens (tertiary/aromatic N) is 1. The van der Waals surface area contributed by atoms with Gasteiger partial charge in [-0.1, -0.05) is 18.2 Å². The Hall–Kier alpha value is -1.35. The van der Waals surface area contributed by atoms with E-state index >= 15 is 0 Å². The standard InChI is InChI=1S/C12H9BrIN3O2/c13-10-6-9(19-11(10)14)7-15-17-12(18)16-8-4-2-1-3-5-8/h1-7H,(H2,16,17,18)/b15-7+. The SMILES string of the molecule is O=C(N/N=C/c1cc(Br)c(I)o1)Nc1ccccc1. The predicted molar refractivity (Wildman–Crippen MR) is 85.3 cm³/mol. The molecule has 1 heterocycles. The third-order valence-corrected chi connectivity index (χ3v) is 4.19. The van der Waals surface area contributed by atoms with Crippen molar-refractivity contribution in [2.75, 3.05) is 5.32 Å². The maximum absolute atomic E-state index is 11.5. The lowest BCUT2D eigenvalue weighted by Gasteiger charge is -2.02. The summed E-state index contributed by atoms with van der Waals surface area (Å²) in [6.45, 7) is 0. The van der Waals surface area contributed by atoms with Gasteiger partial charge in [0.1, 0.15) is 5.76 Å². The minimum atomic E-state index is -0.414. The van der Waals surface area contributed by atoms with Crippen LogP contribution in [0.5, 0.6) is 0 Å². The highest BCUT2D eigenvalue weighted by Crippen LogP contribution is 2.21. The lowest BCUT2D eigenvalue weighted by atomic mass is 10.3. The lowest BCUT2D eigenvalue weighted by molar-refractivity contribution is 0.252. The number of hydrazone groups is 1. The van der Waals surface area contributed by atoms with Crippen LogP contribution in [0.2, 0.25) is 0 Å². The number of hydrogen-bond acceptors (Lipinski definition) is 3. The van der Waals surface area contributed by atoms with Crippen LogP contribution >= 0.6 is 38.5 Å². The molecule has 98 valence electrons. The smallest absolute Gasteiger partial charge is 0.339 e. The zero-order chi connectivity index (χ0) is 13.7. The summed E-state index contributed by atoms with van der Waals surface area (Å²) in [7, 11) is 0. The van der Waals surface area contributed by atoms with Gasteiger partial charge in [0, 0.05) is 34.3 Å². The van der Waals surface area contributed by atoms with Crippen molar-refractivity contribution in [1.82, 2.24) is 5.43 Å². The molecule has 0 radical (unpaired) electrons. The summed E-state index contributed by atoms with van der Waals surface area (Å²) in [6.07, 6.45) is 1.43. The number of para-hydroxylation sites is 1. The Balaban J connectivity index is 1.87. The summed E-state index contributed by atoms with van der Waals surface area (Å²) >= 11 is 5.37. The molecule has 1 aromatic carbocycles. The first-order chi connectivity index (χ1) is 9.15. The highest BCUT2D eigenvalue weighted by molar-refractivity contribution is 14.1. The normalized spacial score (nSPS) is 10.6. The summed E-state index contributed by atoms with van der Waals surface area (Å²) in [5, 5.41) is 6.43. The second-order valence-electron chi connectivity index (χ2n) is 3.46. The van der Waals surface area contributed by atoms with E-state index in [9.17, 15) is 4.79 Å². The number of anilines is 1. The highest BCUT2D eigenvalue weighted by Gasteiger charge is 2.03. The van der Waals surface area contributed by atoms with E-state index in [1.807, 2.05) is 18.2 Å². The molecule has 0 fully saturated rings. The summed E-state index contributed by atoms with van der Waals surface area (Å²) < 4.78 is 6.91. The molecule has 0 saturated heterocycles. The van der Waals surface area contributed by atoms with Crippen LogP contribution < -0.4 is 10.7 Å². The van der Waals surface area contributed by atoms with E-state index in [4.69, 9.17) is 4.42 Å². The molecule has 0 saturated carbocycles. The molecule has 0 spiro atoms. The van der Waals surface area contributed by atoms with Gasteiger partial charge < -0.3 is 9.73 Å². The second kappa shape index (κ2) is 6.71. The van der Waals surface area contributed by atoms with E-state index in [0.29, 0.717) is 11.4 Å². The van der Waals surface area contributed by atoms with Crippen molar-refractivity contribution in [3.05, 3.63) is 50.4 Å². The van der Waals surface area contributed by atoms with E-state index in [1.54, 1.807) is 18.2 Å². The van der Waals surface area contributed by atoms with Gasteiger partial charge in [-0.15, -0.1) is 0 Å². The monoisotopic (exact) mass is 433 g/mol. The minimum Gasteiger partial charge on any atom is -0.448 e. The van der Waals surface area contributed by atoms with Crippen LogP contribution in [0.1, 0.15) is 5.76 Å². The number of nitrogens with one attached hydrogen (secondary N) is 2. The van der Waals surface area contributed by atoms with Gasteiger partial charge in [0.2, 0.25) is 0 Å². The molecule has 2 amide bonds. The zero-order valence-corrected chi connectivity index (χ0v) is 13.3. The molecule has 0 bridgehead atoms. The molecule has 0 aliphatic heterocycles. The molecule has 0 unspecified atom stereocenters. The largest absolute Gasteiger partial charge is 0.448 e. The Morgan fingerprint density at radius 1 is 1.37 bits per heavy atom. The van der Waals surface area contributed by atoms with Crippen molar-refractivity contribution in [2.45, 2.75) is 0 Å². The topological polar surface area (TPSA) is 66.6 Å². The van der Waals surface area contributed by atoms with Gasteiger partial charge >= 0.3 is 6.03 Å². The average Bonchev–Trinajstić information content (AvgIpc) is 2.70. The third-order valence-electron chi connectivity index (χ3n) is 2.05. The Labute approximate surface area is 131 Å². The molecule has 0 aliphatic rings. The van der Waals surface area contributed by atoms with Gasteiger partial charge in [-0.2, -0.15) is 5.10 Å². The first-order valence-corrected chi connectivity index (χ1v) is 7.12. The van der Waals surface area contributed by atoms with E-state index in [0.717, 1.165) is 8.24 Å². The molecule has 5 nitrogen and oxygen atoms in total. The molecular formula is C12H9BrIN3O2. The average molecular weight is 434 g/mol. The Bertz CT molecular complexity index is 579. The maximum atomic E-state index is 11.5. The molecule has 0 aliphatic carbocycles. The number of amides is 2. The van der Waals surface area contributed by atoms with Gasteiger partial charge in [0.05, 0.1) is 10.7 Å². The van der Waals surface area contributed by atoms with E-state index in [1.165, 1.54) is 6.21 Å². The third kappa shape index (κ3) is 4.35. The van der Waals surface area contributed by atoms with Crippen molar-refractivity contribution in [1.29, 1.82) is 0 Å². The summed E-state index contributed by atoms with van der Waals surface area (Å²) in [6, 6.07) is 10.5. The van der Waals surface area contributed by atoms with Crippen LogP contribution in [0.4, 0.5) is 10.5 Å². The number of hydrogen-bond donors (Lipinski definition) is 2. The molecule has 2 N–H and O–H groups in total. The number of benzene rings is 1. The van der Waals surface area contributed by atoms with E-state index in [-0.39, 0.29) is 0 Å². The number of rotatable bonds is 3. The Kier molecular flexibility index (Phi) is 4.97. The van der Waals surface area contributed by atoms with Crippen LogP contribution in [-0.2, 0) is 0 Å². The quantitative estimate of drug-likeness (QED) is 0.439. The molecule has 19 heavy (non-hydrogen) atoms. The molecule has 0 atom stereocenters. The first-order valence-electron chi connectivity index (χ1n) is 5.25. The molecule has 2 aromatic rings. The number of furan rings is 1. The van der Waals surface area contributed by atoms with Crippen molar-refractivity contribution in [2.24, 2.45) is 5.10 Å². The van der Waals surface area contributed by atoms with Crippen LogP contribution in [0.15, 0.2) is 50.4 Å². The van der Waals surface area contributed by atoms with Crippen molar-refractivity contribution < 1.29 is 9.21 Å². The number of carbonyl (C=O) groups excluding carboxylic acids is 1. The number of urea groups is 1. The van der Waals surface area contributed by atoms with Gasteiger partial charge in [0.25, 0.3) is 0 Å². The fraction of sp³-hybridized carbons (Fsp3) is 0. The maximum Gasteiger partial charge on any atom is 0.339 e. The zero-order valence-electron chi connectivity index (χ0n) is 9.56. The van der Waals surface area contributed by atoms with Crippen LogP contribution in [-0.4, -0.2) is 12.2 Å². The predicted octanol–water partition coefficient (Wildman–Crippen LogP) is 3.80. The number of carbonyl (C=O) groups is 1. The van der Waals surface area contributed by atoms with Crippen molar-refractivity contribution >= 4 is 56.5 Å². The van der Waals surface area contributed by atoms with Crippen molar-refractivity contribution in [3.63, 3.8) is 0 Å². The Morgan fingerprint density at radius 2 is 2.11 bits per heavy atom. The minimum absolute atomic E-state index is 0.414. The fourth-order valence-corrected chi connectivity index (χ4v) is 1.98. The second-order valence-corrected chi connectivity index (χ2v) is 5.29. The first kappa shape index (κ1) is 14.1. The van der Waals surface area contributed by atoms with E-state index in [2.05, 4.69) is 54.4 Å². The van der Waals surface area contributed by atoms with Gasteiger partial charge in [-0.05, 0) is 28.1 Å². The summed E-state index contributed by atoms with van der Waals surface area (Å²) in [5.41, 5.74) is 3.05. The van der Waals surface area contributed by atoms with Gasteiger partial charge in [-0.25, -0.2) is 10.2 Å². The fourth-order valence-electron chi connectivity index (χ4n) is 1.26. The molecular weight excluding hydrogens is 425 g/mol. The van der Waals surface area contributed by atoms with Gasteiger partial charge in [0.15, 0.2) is 3.77 Å². The van der Waals surface area contributed by atoms with Crippen LogP contribution in [0.3, 0.4) is 0 Å². The summed E-state index contributed by atoms with van der Waals surface area (Å²) in [4.78, 5) is 11.5. The molecule has 1 aromatic heterocycles. The van der Waals surface area contributed by atoms with E-state index < -0.39 is 6.03 Å². The summed E-state index contributed by atoms with van der Waals surface area (Å²) in [5.74, 6) is 0.552. The van der Waals surface area contributed by atoms with Crippen LogP contribution in [0.25, 0.3) is 0 Å². The van der Waals surface area contributed by atoms with Crippen LogP contribution in [0, 0.1) is 3.77 Å². The number of halogens is 2.